The third kappa shape index (κ3) is 2.39. The molecule has 2 aromatic carbocycles. The van der Waals surface area contributed by atoms with Gasteiger partial charge in [0.1, 0.15) is 0 Å². The van der Waals surface area contributed by atoms with E-state index in [0.717, 1.165) is 43.5 Å². The number of ketones is 2. The Morgan fingerprint density at radius 3 is 1.81 bits per heavy atom. The highest BCUT2D eigenvalue weighted by Crippen LogP contribution is 2.41. The van der Waals surface area contributed by atoms with Crippen molar-refractivity contribution in [1.29, 1.82) is 0 Å². The zero-order chi connectivity index (χ0) is 18.7. The maximum absolute atomic E-state index is 12.3. The van der Waals surface area contributed by atoms with Gasteiger partial charge in [-0.1, -0.05) is 0 Å². The molecule has 0 fully saturated rings. The van der Waals surface area contributed by atoms with Crippen LogP contribution in [0, 0.1) is 0 Å². The minimum absolute atomic E-state index is 0.254. The van der Waals surface area contributed by atoms with Gasteiger partial charge in [-0.05, 0) is 75.3 Å². The Labute approximate surface area is 158 Å². The van der Waals surface area contributed by atoms with Crippen molar-refractivity contribution in [3.05, 3.63) is 46.5 Å². The van der Waals surface area contributed by atoms with Crippen molar-refractivity contribution >= 4 is 33.4 Å². The number of aromatic nitrogens is 1. The molecule has 3 aromatic rings. The van der Waals surface area contributed by atoms with Gasteiger partial charge in [-0.15, -0.1) is 0 Å². The fourth-order valence-electron chi connectivity index (χ4n) is 4.98. The van der Waals surface area contributed by atoms with Crippen molar-refractivity contribution in [3.8, 4) is 0 Å². The summed E-state index contributed by atoms with van der Waals surface area (Å²) in [6.07, 6.45) is 3.92. The third-order valence-corrected chi connectivity index (χ3v) is 6.21. The average molecular weight is 360 g/mol. The Kier molecular flexibility index (Phi) is 3.73. The fourth-order valence-corrected chi connectivity index (χ4v) is 4.98. The van der Waals surface area contributed by atoms with Gasteiger partial charge < -0.3 is 9.47 Å². The van der Waals surface area contributed by atoms with Gasteiger partial charge in [0.15, 0.2) is 11.6 Å². The van der Waals surface area contributed by atoms with E-state index in [1.807, 2.05) is 12.1 Å². The number of carbonyl (C=O) groups is 2. The molecule has 0 N–H and O–H groups in total. The lowest BCUT2D eigenvalue weighted by Crippen LogP contribution is -2.15. The normalized spacial score (nSPS) is 16.1. The second kappa shape index (κ2) is 6.03. The summed E-state index contributed by atoms with van der Waals surface area (Å²) in [4.78, 5) is 26.8. The third-order valence-electron chi connectivity index (χ3n) is 6.21. The van der Waals surface area contributed by atoms with Gasteiger partial charge in [0.25, 0.3) is 0 Å². The second-order valence-corrected chi connectivity index (χ2v) is 8.13. The molecule has 1 heterocycles. The highest BCUT2D eigenvalue weighted by molar-refractivity contribution is 6.18. The van der Waals surface area contributed by atoms with Crippen LogP contribution in [-0.2, 0) is 19.4 Å². The molecule has 0 unspecified atom stereocenters. The molecule has 2 aliphatic carbocycles. The van der Waals surface area contributed by atoms with E-state index in [2.05, 4.69) is 35.7 Å². The Bertz CT molecular complexity index is 1040. The number of aryl methyl sites for hydroxylation is 3. The molecule has 0 bridgehead atoms. The van der Waals surface area contributed by atoms with E-state index in [-0.39, 0.29) is 11.6 Å². The summed E-state index contributed by atoms with van der Waals surface area (Å²) in [6.45, 7) is 1.98. The summed E-state index contributed by atoms with van der Waals surface area (Å²) in [7, 11) is 4.20. The number of rotatable bonds is 4. The van der Waals surface area contributed by atoms with Crippen molar-refractivity contribution < 1.29 is 9.59 Å². The van der Waals surface area contributed by atoms with Crippen LogP contribution in [0.5, 0.6) is 0 Å². The van der Waals surface area contributed by atoms with Crippen molar-refractivity contribution in [2.75, 3.05) is 20.6 Å². The lowest BCUT2D eigenvalue weighted by Gasteiger charge is -2.12. The molecule has 4 nitrogen and oxygen atoms in total. The van der Waals surface area contributed by atoms with Gasteiger partial charge in [0.05, 0.1) is 0 Å². The van der Waals surface area contributed by atoms with Crippen molar-refractivity contribution in [3.63, 3.8) is 0 Å². The highest BCUT2D eigenvalue weighted by Gasteiger charge is 2.29. The Morgan fingerprint density at radius 1 is 0.815 bits per heavy atom. The first-order valence-electron chi connectivity index (χ1n) is 9.87. The SMILES string of the molecule is CN(C)CCCn1c2ccc3c(c2c2c4c(ccc21)C(=O)CC4)CCC3=O. The molecule has 0 atom stereocenters. The maximum atomic E-state index is 12.3. The zero-order valence-electron chi connectivity index (χ0n) is 16.0. The first kappa shape index (κ1) is 16.7. The maximum Gasteiger partial charge on any atom is 0.163 e. The number of hydrogen-bond acceptors (Lipinski definition) is 3. The van der Waals surface area contributed by atoms with E-state index in [0.29, 0.717) is 12.8 Å². The van der Waals surface area contributed by atoms with E-state index in [9.17, 15) is 9.59 Å². The Hall–Kier alpha value is -2.46. The van der Waals surface area contributed by atoms with Gasteiger partial charge in [-0.25, -0.2) is 0 Å². The van der Waals surface area contributed by atoms with Crippen LogP contribution in [0.15, 0.2) is 24.3 Å². The first-order valence-corrected chi connectivity index (χ1v) is 9.87. The number of fused-ring (bicyclic) bond motifs is 7. The van der Waals surface area contributed by atoms with Crippen LogP contribution in [0.4, 0.5) is 0 Å². The van der Waals surface area contributed by atoms with E-state index in [1.165, 1.54) is 32.9 Å². The number of carbonyl (C=O) groups excluding carboxylic acids is 2. The van der Waals surface area contributed by atoms with Crippen LogP contribution in [0.3, 0.4) is 0 Å². The summed E-state index contributed by atoms with van der Waals surface area (Å²) in [6, 6.07) is 8.27. The van der Waals surface area contributed by atoms with Gasteiger partial charge in [0.2, 0.25) is 0 Å². The number of nitrogens with zero attached hydrogens (tertiary/aromatic N) is 2. The molecule has 1 aromatic heterocycles. The van der Waals surface area contributed by atoms with Crippen LogP contribution in [0.1, 0.15) is 51.1 Å². The molecule has 5 rings (SSSR count). The molecule has 138 valence electrons. The Balaban J connectivity index is 1.81. The average Bonchev–Trinajstić information content (AvgIpc) is 3.30. The van der Waals surface area contributed by atoms with Gasteiger partial charge >= 0.3 is 0 Å². The quantitative estimate of drug-likeness (QED) is 0.706. The van der Waals surface area contributed by atoms with Crippen molar-refractivity contribution in [1.82, 2.24) is 9.47 Å². The van der Waals surface area contributed by atoms with Crippen LogP contribution < -0.4 is 0 Å². The molecule has 0 amide bonds. The monoisotopic (exact) mass is 360 g/mol. The molecular formula is C23H24N2O2. The Morgan fingerprint density at radius 2 is 1.33 bits per heavy atom. The van der Waals surface area contributed by atoms with Crippen LogP contribution in [-0.4, -0.2) is 41.7 Å². The highest BCUT2D eigenvalue weighted by atomic mass is 16.1. The molecule has 0 radical (unpaired) electrons. The van der Waals surface area contributed by atoms with E-state index >= 15 is 0 Å². The predicted octanol–water partition coefficient (Wildman–Crippen LogP) is 4.00. The predicted molar refractivity (Wildman–Crippen MR) is 108 cm³/mol. The van der Waals surface area contributed by atoms with Crippen molar-refractivity contribution in [2.24, 2.45) is 0 Å². The topological polar surface area (TPSA) is 42.3 Å². The van der Waals surface area contributed by atoms with Crippen LogP contribution >= 0.6 is 0 Å². The smallest absolute Gasteiger partial charge is 0.163 e. The lowest BCUT2D eigenvalue weighted by molar-refractivity contribution is 0.0986. The number of hydrogen-bond donors (Lipinski definition) is 0. The molecule has 0 saturated heterocycles. The van der Waals surface area contributed by atoms with Crippen LogP contribution in [0.2, 0.25) is 0 Å². The van der Waals surface area contributed by atoms with Gasteiger partial charge in [-0.2, -0.15) is 0 Å². The summed E-state index contributed by atoms with van der Waals surface area (Å²) in [5.41, 5.74) is 6.59. The summed E-state index contributed by atoms with van der Waals surface area (Å²) >= 11 is 0. The van der Waals surface area contributed by atoms with Crippen LogP contribution in [0.25, 0.3) is 21.8 Å². The number of benzene rings is 2. The molecule has 2 aliphatic rings. The fraction of sp³-hybridized carbons (Fsp3) is 0.391. The molecule has 27 heavy (non-hydrogen) atoms. The zero-order valence-corrected chi connectivity index (χ0v) is 16.0. The standard InChI is InChI=1S/C23H24N2O2/c1-24(2)12-3-13-25-18-8-4-14-16(6-10-20(14)26)22(18)23-17-7-11-21(27)15(17)5-9-19(23)25/h4-5,8-9H,3,6-7,10-13H2,1-2H3. The second-order valence-electron chi connectivity index (χ2n) is 8.13. The largest absolute Gasteiger partial charge is 0.340 e. The van der Waals surface area contributed by atoms with Gasteiger partial charge in [-0.3, -0.25) is 9.59 Å². The molecule has 4 heteroatoms. The van der Waals surface area contributed by atoms with E-state index < -0.39 is 0 Å². The van der Waals surface area contributed by atoms with Crippen molar-refractivity contribution in [2.45, 2.75) is 38.6 Å². The number of Topliss-reactive ketones (excluding diaryl/α,β-unsaturated/α-hetero) is 2. The summed E-state index contributed by atoms with van der Waals surface area (Å²) in [5, 5.41) is 2.45. The first-order chi connectivity index (χ1) is 13.1. The molecule has 0 aliphatic heterocycles. The summed E-state index contributed by atoms with van der Waals surface area (Å²) < 4.78 is 2.40. The molecular weight excluding hydrogens is 336 g/mol. The minimum atomic E-state index is 0.254. The summed E-state index contributed by atoms with van der Waals surface area (Å²) in [5.74, 6) is 0.508. The molecule has 0 saturated carbocycles. The minimum Gasteiger partial charge on any atom is -0.340 e. The van der Waals surface area contributed by atoms with E-state index in [4.69, 9.17) is 0 Å². The molecule has 0 spiro atoms. The lowest BCUT2D eigenvalue weighted by atomic mass is 9.98. The van der Waals surface area contributed by atoms with E-state index in [1.54, 1.807) is 0 Å². The van der Waals surface area contributed by atoms with Gasteiger partial charge in [0, 0.05) is 52.3 Å².